The molecule has 0 radical (unpaired) electrons. The summed E-state index contributed by atoms with van der Waals surface area (Å²) in [7, 11) is -3.69. The first-order chi connectivity index (χ1) is 13.9. The Hall–Kier alpha value is -2.87. The monoisotopic (exact) mass is 412 g/mol. The van der Waals surface area contributed by atoms with Gasteiger partial charge in [0.25, 0.3) is 10.0 Å². The van der Waals surface area contributed by atoms with Crippen molar-refractivity contribution in [1.82, 2.24) is 9.62 Å². The predicted octanol–water partition coefficient (Wildman–Crippen LogP) is 2.94. The third kappa shape index (κ3) is 3.72. The third-order valence-electron chi connectivity index (χ3n) is 5.12. The molecule has 1 N–H and O–H groups in total. The highest BCUT2D eigenvalue weighted by atomic mass is 32.2. The number of hydrogen-bond acceptors (Lipinski definition) is 4. The fraction of sp³-hybridized carbons (Fsp3) is 0.333. The molecule has 0 bridgehead atoms. The molecule has 2 aliphatic heterocycles. The summed E-state index contributed by atoms with van der Waals surface area (Å²) >= 11 is 0. The normalized spacial score (nSPS) is 18.4. The van der Waals surface area contributed by atoms with Crippen LogP contribution in [0.15, 0.2) is 58.4 Å². The first-order valence-corrected chi connectivity index (χ1v) is 11.1. The summed E-state index contributed by atoms with van der Waals surface area (Å²) in [6.45, 7) is 4.64. The Labute approximate surface area is 171 Å². The average molecular weight is 413 g/mol. The zero-order chi connectivity index (χ0) is 20.6. The lowest BCUT2D eigenvalue weighted by molar-refractivity contribution is 0.244. The largest absolute Gasteiger partial charge is 0.336 e. The van der Waals surface area contributed by atoms with E-state index in [2.05, 4.69) is 10.3 Å². The van der Waals surface area contributed by atoms with Crippen LogP contribution in [0.2, 0.25) is 0 Å². The van der Waals surface area contributed by atoms with E-state index in [4.69, 9.17) is 0 Å². The number of urea groups is 1. The molecule has 7 nitrogen and oxygen atoms in total. The number of fused-ring (bicyclic) bond motifs is 1. The smallest absolute Gasteiger partial charge is 0.322 e. The van der Waals surface area contributed by atoms with Crippen LogP contribution in [0.25, 0.3) is 0 Å². The molecule has 8 heteroatoms. The predicted molar refractivity (Wildman–Crippen MR) is 113 cm³/mol. The summed E-state index contributed by atoms with van der Waals surface area (Å²) in [6.07, 6.45) is 2.04. The van der Waals surface area contributed by atoms with Crippen molar-refractivity contribution in [2.45, 2.75) is 37.2 Å². The van der Waals surface area contributed by atoms with Crippen LogP contribution in [0.5, 0.6) is 0 Å². The van der Waals surface area contributed by atoms with Crippen molar-refractivity contribution in [1.29, 1.82) is 0 Å². The highest BCUT2D eigenvalue weighted by Gasteiger charge is 2.32. The van der Waals surface area contributed by atoms with E-state index >= 15 is 0 Å². The molecule has 0 aliphatic carbocycles. The summed E-state index contributed by atoms with van der Waals surface area (Å²) in [4.78, 5) is 18.6. The maximum atomic E-state index is 13.1. The van der Waals surface area contributed by atoms with E-state index in [1.807, 2.05) is 44.2 Å². The van der Waals surface area contributed by atoms with Crippen molar-refractivity contribution in [3.63, 3.8) is 0 Å². The van der Waals surface area contributed by atoms with E-state index in [1.165, 1.54) is 10.6 Å². The Bertz CT molecular complexity index is 1050. The van der Waals surface area contributed by atoms with Crippen LogP contribution in [0, 0.1) is 0 Å². The van der Waals surface area contributed by atoms with Gasteiger partial charge in [0.1, 0.15) is 6.34 Å². The van der Waals surface area contributed by atoms with Crippen LogP contribution < -0.4 is 10.2 Å². The number of anilines is 1. The van der Waals surface area contributed by atoms with Gasteiger partial charge in [0.2, 0.25) is 0 Å². The molecule has 4 rings (SSSR count). The van der Waals surface area contributed by atoms with Crippen LogP contribution in [-0.2, 0) is 16.4 Å². The molecule has 0 spiro atoms. The van der Waals surface area contributed by atoms with E-state index in [0.29, 0.717) is 13.0 Å². The maximum Gasteiger partial charge on any atom is 0.322 e. The molecule has 152 valence electrons. The first kappa shape index (κ1) is 19.4. The number of nitrogens with zero attached hydrogens (tertiary/aromatic N) is 3. The molecule has 0 unspecified atom stereocenters. The van der Waals surface area contributed by atoms with E-state index in [-0.39, 0.29) is 29.6 Å². The van der Waals surface area contributed by atoms with Gasteiger partial charge in [0.15, 0.2) is 0 Å². The van der Waals surface area contributed by atoms with E-state index in [0.717, 1.165) is 16.8 Å². The Kier molecular flexibility index (Phi) is 5.04. The fourth-order valence-corrected chi connectivity index (χ4v) is 4.97. The van der Waals surface area contributed by atoms with Crippen molar-refractivity contribution >= 4 is 28.1 Å². The number of benzene rings is 2. The van der Waals surface area contributed by atoms with Gasteiger partial charge in [-0.05, 0) is 49.6 Å². The summed E-state index contributed by atoms with van der Waals surface area (Å²) in [5.74, 6) is 0. The number of sulfonamides is 1. The molecule has 2 heterocycles. The summed E-state index contributed by atoms with van der Waals surface area (Å²) in [6, 6.07) is 14.3. The number of aliphatic imine (C=N–C) groups is 1. The van der Waals surface area contributed by atoms with Gasteiger partial charge in [-0.1, -0.05) is 30.3 Å². The topological polar surface area (TPSA) is 82.1 Å². The lowest BCUT2D eigenvalue weighted by Gasteiger charge is -2.20. The van der Waals surface area contributed by atoms with Crippen molar-refractivity contribution in [3.8, 4) is 0 Å². The SMILES string of the molecule is CC(C)NC(=O)N1CCc2cc(S(=O)(=O)N3C=N[C@@H](c4ccccc4)C3)ccc21. The van der Waals surface area contributed by atoms with Crippen molar-refractivity contribution in [2.75, 3.05) is 18.0 Å². The van der Waals surface area contributed by atoms with Gasteiger partial charge in [0, 0.05) is 18.3 Å². The molecule has 0 saturated carbocycles. The lowest BCUT2D eigenvalue weighted by Crippen LogP contribution is -2.42. The molecular weight excluding hydrogens is 388 g/mol. The maximum absolute atomic E-state index is 13.1. The fourth-order valence-electron chi connectivity index (χ4n) is 3.66. The summed E-state index contributed by atoms with van der Waals surface area (Å²) < 4.78 is 27.5. The van der Waals surface area contributed by atoms with Crippen LogP contribution >= 0.6 is 0 Å². The van der Waals surface area contributed by atoms with Gasteiger partial charge in [-0.25, -0.2) is 13.2 Å². The van der Waals surface area contributed by atoms with Crippen LogP contribution in [0.4, 0.5) is 10.5 Å². The molecule has 0 saturated heterocycles. The van der Waals surface area contributed by atoms with Gasteiger partial charge in [0.05, 0.1) is 17.5 Å². The minimum absolute atomic E-state index is 0.0400. The second kappa shape index (κ2) is 7.51. The highest BCUT2D eigenvalue weighted by Crippen LogP contribution is 2.32. The average Bonchev–Trinajstić information content (AvgIpc) is 3.35. The van der Waals surface area contributed by atoms with Crippen LogP contribution in [0.1, 0.15) is 31.0 Å². The number of hydrogen-bond donors (Lipinski definition) is 1. The van der Waals surface area contributed by atoms with Gasteiger partial charge >= 0.3 is 6.03 Å². The van der Waals surface area contributed by atoms with Crippen molar-refractivity contribution in [3.05, 3.63) is 59.7 Å². The number of rotatable bonds is 4. The number of nitrogens with one attached hydrogen (secondary N) is 1. The van der Waals surface area contributed by atoms with Gasteiger partial charge in [-0.2, -0.15) is 0 Å². The number of carbonyl (C=O) groups excluding carboxylic acids is 1. The second-order valence-electron chi connectivity index (χ2n) is 7.56. The summed E-state index contributed by atoms with van der Waals surface area (Å²) in [5.41, 5.74) is 2.61. The Morgan fingerprint density at radius 3 is 2.66 bits per heavy atom. The van der Waals surface area contributed by atoms with Crippen molar-refractivity contribution in [2.24, 2.45) is 4.99 Å². The molecule has 29 heavy (non-hydrogen) atoms. The lowest BCUT2D eigenvalue weighted by atomic mass is 10.1. The van der Waals surface area contributed by atoms with Gasteiger partial charge < -0.3 is 5.32 Å². The molecule has 2 aromatic rings. The first-order valence-electron chi connectivity index (χ1n) is 9.67. The minimum atomic E-state index is -3.69. The minimum Gasteiger partial charge on any atom is -0.336 e. The quantitative estimate of drug-likeness (QED) is 0.838. The van der Waals surface area contributed by atoms with E-state index in [9.17, 15) is 13.2 Å². The highest BCUT2D eigenvalue weighted by molar-refractivity contribution is 7.89. The van der Waals surface area contributed by atoms with E-state index in [1.54, 1.807) is 23.1 Å². The molecule has 1 atom stereocenters. The third-order valence-corrected chi connectivity index (χ3v) is 6.83. The molecule has 0 aromatic heterocycles. The summed E-state index contributed by atoms with van der Waals surface area (Å²) in [5, 5.41) is 2.88. The zero-order valence-corrected chi connectivity index (χ0v) is 17.3. The zero-order valence-electron chi connectivity index (χ0n) is 16.4. The van der Waals surface area contributed by atoms with Crippen LogP contribution in [0.3, 0.4) is 0 Å². The Balaban J connectivity index is 1.54. The second-order valence-corrected chi connectivity index (χ2v) is 9.45. The molecule has 2 aliphatic rings. The van der Waals surface area contributed by atoms with Crippen molar-refractivity contribution < 1.29 is 13.2 Å². The van der Waals surface area contributed by atoms with Crippen LogP contribution in [-0.4, -0.2) is 44.2 Å². The van der Waals surface area contributed by atoms with E-state index < -0.39 is 10.0 Å². The number of carbonyl (C=O) groups is 1. The standard InChI is InChI=1S/C21H24N4O3S/c1-15(2)23-21(26)25-11-10-17-12-18(8-9-20(17)25)29(27,28)24-13-19(22-14-24)16-6-4-3-5-7-16/h3-9,12,14-15,19H,10-11,13H2,1-2H3,(H,23,26)/t19-/m1/s1. The Morgan fingerprint density at radius 2 is 1.93 bits per heavy atom. The number of amides is 2. The molecular formula is C21H24N4O3S. The molecule has 2 aromatic carbocycles. The van der Waals surface area contributed by atoms with Gasteiger partial charge in [-0.15, -0.1) is 0 Å². The Morgan fingerprint density at radius 1 is 1.17 bits per heavy atom. The molecule has 2 amide bonds. The van der Waals surface area contributed by atoms with Gasteiger partial charge in [-0.3, -0.25) is 14.2 Å². The molecule has 0 fully saturated rings.